The average molecular weight is 528 g/mol. The van der Waals surface area contributed by atoms with E-state index in [9.17, 15) is 19.2 Å². The maximum Gasteiger partial charge on any atom is 0.348 e. The third kappa shape index (κ3) is 3.25. The molecule has 3 N–H and O–H groups in total. The molecular weight excluding hydrogens is 512 g/mol. The Morgan fingerprint density at radius 3 is 2.75 bits per heavy atom. The van der Waals surface area contributed by atoms with Crippen LogP contribution in [0.15, 0.2) is 23.0 Å². The third-order valence-corrected chi connectivity index (χ3v) is 8.27. The number of halogens is 3. The van der Waals surface area contributed by atoms with Gasteiger partial charge in [0, 0.05) is 35.9 Å². The number of hydrogen-bond acceptors (Lipinski definition) is 7. The molecule has 2 bridgehead atoms. The highest BCUT2D eigenvalue weighted by atomic mass is 35.5. The minimum absolute atomic E-state index is 0.0209. The Morgan fingerprint density at radius 1 is 1.31 bits per heavy atom. The summed E-state index contributed by atoms with van der Waals surface area (Å²) < 4.78 is 36.6. The smallest absolute Gasteiger partial charge is 0.348 e. The van der Waals surface area contributed by atoms with Crippen molar-refractivity contribution in [2.24, 2.45) is 0 Å². The number of fused-ring (bicyclic) bond motifs is 4. The van der Waals surface area contributed by atoms with Crippen LogP contribution < -0.4 is 16.2 Å². The first-order valence-corrected chi connectivity index (χ1v) is 12.2. The van der Waals surface area contributed by atoms with Crippen LogP contribution >= 0.6 is 22.9 Å². The summed E-state index contributed by atoms with van der Waals surface area (Å²) in [4.78, 5) is 31.6. The van der Waals surface area contributed by atoms with Gasteiger partial charge in [-0.2, -0.15) is 10.2 Å². The van der Waals surface area contributed by atoms with Crippen LogP contribution in [0.3, 0.4) is 0 Å². The number of carbonyl (C=O) groups is 1. The number of nitrogens with two attached hydrogens (primary N) is 1. The number of aromatic nitrogens is 2. The van der Waals surface area contributed by atoms with E-state index in [-0.39, 0.29) is 71.8 Å². The van der Waals surface area contributed by atoms with Crippen LogP contribution in [0, 0.1) is 23.0 Å². The highest BCUT2D eigenvalue weighted by Crippen LogP contribution is 2.45. The van der Waals surface area contributed by atoms with Gasteiger partial charge < -0.3 is 20.4 Å². The second-order valence-electron chi connectivity index (χ2n) is 8.88. The molecule has 1 aliphatic carbocycles. The lowest BCUT2D eigenvalue weighted by molar-refractivity contribution is -0.139. The molecular formula is C24H16ClF2N5O3S. The minimum atomic E-state index is -0.873. The number of piperidine rings is 1. The van der Waals surface area contributed by atoms with E-state index in [2.05, 4.69) is 9.97 Å². The van der Waals surface area contributed by atoms with Crippen LogP contribution in [-0.4, -0.2) is 39.5 Å². The Balaban J connectivity index is 1.50. The number of nitrogen functional groups attached to an aromatic ring is 1. The Labute approximate surface area is 210 Å². The lowest BCUT2D eigenvalue weighted by Gasteiger charge is -2.53. The molecule has 12 heteroatoms. The molecule has 36 heavy (non-hydrogen) atoms. The Bertz CT molecular complexity index is 1690. The van der Waals surface area contributed by atoms with E-state index in [1.807, 2.05) is 6.07 Å². The van der Waals surface area contributed by atoms with Gasteiger partial charge in [0.2, 0.25) is 12.3 Å². The van der Waals surface area contributed by atoms with Crippen molar-refractivity contribution >= 4 is 55.3 Å². The number of hydrogen-bond donors (Lipinski definition) is 2. The van der Waals surface area contributed by atoms with Gasteiger partial charge in [0.15, 0.2) is 5.82 Å². The predicted molar refractivity (Wildman–Crippen MR) is 131 cm³/mol. The summed E-state index contributed by atoms with van der Waals surface area (Å²) in [6, 6.07) is 5.98. The zero-order valence-electron chi connectivity index (χ0n) is 18.3. The number of ether oxygens (including phenoxy) is 1. The maximum absolute atomic E-state index is 16.0. The first kappa shape index (κ1) is 22.7. The number of nitrogens with one attached hydrogen (secondary N) is 1. The van der Waals surface area contributed by atoms with E-state index in [1.54, 1.807) is 4.90 Å². The molecule has 4 aromatic rings. The first-order chi connectivity index (χ1) is 17.3. The van der Waals surface area contributed by atoms with Crippen LogP contribution in [0.2, 0.25) is 5.02 Å². The summed E-state index contributed by atoms with van der Waals surface area (Å²) in [6.07, 6.45) is 2.58. The number of anilines is 1. The summed E-state index contributed by atoms with van der Waals surface area (Å²) in [5.74, 6) is -1.54. The minimum Gasteiger partial charge on any atom is -0.474 e. The van der Waals surface area contributed by atoms with Gasteiger partial charge in [0.25, 0.3) is 0 Å². The zero-order chi connectivity index (χ0) is 25.3. The standard InChI is InChI=1S/C24H16ClF2N5O3S/c25-15-6-13-20(30-24(34)31-23(13)35-11-4-9-3-10(5-11)32(9)8-33)19(27)18(15)12-1-2-16(26)21-17(12)14(7-28)22(29)36-21/h1-2,6,8-11H,3-5,29H2,(H,30,31,34)/t9-,10-/m1/s1. The fourth-order valence-corrected chi connectivity index (χ4v) is 6.57. The van der Waals surface area contributed by atoms with E-state index in [0.29, 0.717) is 12.8 Å². The van der Waals surface area contributed by atoms with Gasteiger partial charge in [-0.3, -0.25) is 4.79 Å². The highest BCUT2D eigenvalue weighted by Gasteiger charge is 2.45. The van der Waals surface area contributed by atoms with Crippen molar-refractivity contribution in [2.75, 3.05) is 5.73 Å². The Morgan fingerprint density at radius 2 is 2.06 bits per heavy atom. The highest BCUT2D eigenvalue weighted by molar-refractivity contribution is 7.23. The van der Waals surface area contributed by atoms with Crippen molar-refractivity contribution < 1.29 is 18.3 Å². The SMILES string of the molecule is N#Cc1c(N)sc2c(F)ccc(-c3c(Cl)cc4c(OC5C[C@H]6C[C@H](C5)N6C=O)nc(=O)[nH]c4c3F)c12. The zero-order valence-corrected chi connectivity index (χ0v) is 19.9. The van der Waals surface area contributed by atoms with E-state index >= 15 is 4.39 Å². The lowest BCUT2D eigenvalue weighted by atomic mass is 9.78. The van der Waals surface area contributed by atoms with Gasteiger partial charge in [-0.15, -0.1) is 11.3 Å². The molecule has 1 amide bonds. The van der Waals surface area contributed by atoms with Crippen LogP contribution in [0.25, 0.3) is 32.1 Å². The van der Waals surface area contributed by atoms with Crippen molar-refractivity contribution in [2.45, 2.75) is 37.5 Å². The van der Waals surface area contributed by atoms with Crippen molar-refractivity contribution in [3.8, 4) is 23.1 Å². The average Bonchev–Trinajstić information content (AvgIpc) is 3.18. The van der Waals surface area contributed by atoms with Gasteiger partial charge in [0.1, 0.15) is 23.0 Å². The van der Waals surface area contributed by atoms with E-state index in [4.69, 9.17) is 22.1 Å². The number of nitriles is 1. The number of benzene rings is 2. The number of carbonyl (C=O) groups excluding carboxylic acids is 1. The maximum atomic E-state index is 16.0. The van der Waals surface area contributed by atoms with Gasteiger partial charge >= 0.3 is 5.69 Å². The number of nitrogens with zero attached hydrogens (tertiary/aromatic N) is 3. The molecule has 2 aromatic carbocycles. The van der Waals surface area contributed by atoms with Crippen LogP contribution in [-0.2, 0) is 4.79 Å². The quantitative estimate of drug-likeness (QED) is 0.380. The number of H-pyrrole nitrogens is 1. The number of amides is 1. The summed E-state index contributed by atoms with van der Waals surface area (Å²) in [5, 5.41) is 9.96. The van der Waals surface area contributed by atoms with Gasteiger partial charge in [-0.25, -0.2) is 13.6 Å². The second kappa shape index (κ2) is 8.15. The Hall–Kier alpha value is -3.75. The summed E-state index contributed by atoms with van der Waals surface area (Å²) >= 11 is 7.43. The molecule has 2 atom stereocenters. The van der Waals surface area contributed by atoms with Gasteiger partial charge in [-0.1, -0.05) is 17.7 Å². The number of rotatable bonds is 4. The monoisotopic (exact) mass is 527 g/mol. The summed E-state index contributed by atoms with van der Waals surface area (Å²) in [6.45, 7) is 0. The van der Waals surface area contributed by atoms with E-state index in [0.717, 1.165) is 30.2 Å². The molecule has 3 aliphatic rings. The van der Waals surface area contributed by atoms with E-state index in [1.165, 1.54) is 12.1 Å². The third-order valence-electron chi connectivity index (χ3n) is 6.94. The normalized spacial score (nSPS) is 20.8. The molecule has 182 valence electrons. The molecule has 0 radical (unpaired) electrons. The molecule has 2 aromatic heterocycles. The molecule has 0 unspecified atom stereocenters. The van der Waals surface area contributed by atoms with E-state index < -0.39 is 17.3 Å². The molecule has 4 heterocycles. The fraction of sp³-hybridized carbons (Fsp3) is 0.250. The molecule has 3 fully saturated rings. The van der Waals surface area contributed by atoms with Crippen molar-refractivity contribution in [1.29, 1.82) is 5.26 Å². The van der Waals surface area contributed by atoms with Crippen molar-refractivity contribution in [1.82, 2.24) is 14.9 Å². The van der Waals surface area contributed by atoms with Crippen molar-refractivity contribution in [3.63, 3.8) is 0 Å². The predicted octanol–water partition coefficient (Wildman–Crippen LogP) is 4.33. The topological polar surface area (TPSA) is 125 Å². The first-order valence-electron chi connectivity index (χ1n) is 11.0. The van der Waals surface area contributed by atoms with Crippen molar-refractivity contribution in [3.05, 3.63) is 50.9 Å². The van der Waals surface area contributed by atoms with Crippen LogP contribution in [0.4, 0.5) is 13.8 Å². The molecule has 8 nitrogen and oxygen atoms in total. The molecule has 0 spiro atoms. The largest absolute Gasteiger partial charge is 0.474 e. The molecule has 7 rings (SSSR count). The van der Waals surface area contributed by atoms with Gasteiger partial charge in [0.05, 0.1) is 26.2 Å². The summed E-state index contributed by atoms with van der Waals surface area (Å²) in [5.41, 5.74) is 4.99. The molecule has 1 saturated carbocycles. The number of aromatic amines is 1. The number of thiophene rings is 1. The van der Waals surface area contributed by atoms with Crippen LogP contribution in [0.5, 0.6) is 5.88 Å². The fourth-order valence-electron chi connectivity index (χ4n) is 5.33. The van der Waals surface area contributed by atoms with Gasteiger partial charge in [-0.05, 0) is 24.1 Å². The van der Waals surface area contributed by atoms with Crippen LogP contribution in [0.1, 0.15) is 24.8 Å². The molecule has 2 saturated heterocycles. The Kier molecular flexibility index (Phi) is 5.14. The molecule has 2 aliphatic heterocycles. The second-order valence-corrected chi connectivity index (χ2v) is 10.3. The lowest BCUT2D eigenvalue weighted by Crippen LogP contribution is -2.62. The summed E-state index contributed by atoms with van der Waals surface area (Å²) in [7, 11) is 0.